The third-order valence-corrected chi connectivity index (χ3v) is 4.67. The monoisotopic (exact) mass is 417 g/mol. The molecule has 0 spiro atoms. The van der Waals surface area contributed by atoms with Crippen LogP contribution in [0.4, 0.5) is 24.7 Å². The molecular weight excluding hydrogens is 399 g/mol. The van der Waals surface area contributed by atoms with E-state index in [1.165, 1.54) is 18.3 Å². The Morgan fingerprint density at radius 1 is 1.13 bits per heavy atom. The van der Waals surface area contributed by atoms with Crippen molar-refractivity contribution >= 4 is 17.4 Å². The number of carbonyl (C=O) groups is 1. The van der Waals surface area contributed by atoms with Gasteiger partial charge in [0.1, 0.15) is 11.6 Å². The van der Waals surface area contributed by atoms with Gasteiger partial charge in [0.2, 0.25) is 0 Å². The molecule has 1 amide bonds. The van der Waals surface area contributed by atoms with Crippen molar-refractivity contribution in [1.29, 1.82) is 0 Å². The van der Waals surface area contributed by atoms with Crippen LogP contribution in [0.3, 0.4) is 0 Å². The van der Waals surface area contributed by atoms with Gasteiger partial charge in [-0.2, -0.15) is 5.10 Å². The van der Waals surface area contributed by atoms with E-state index in [2.05, 4.69) is 30.1 Å². The number of aromatic amines is 1. The standard InChI is InChI=1S/C20H18F3N5O2/c21-20(22,23)30-15-5-3-14(4-6-15)26-19(29)13-11-16(17-7-8-25-27-17)18(24-12-13)28-9-1-2-10-28/h3-8,11-12H,1-2,9-10H2,(H,25,27)(H,26,29). The first-order valence-electron chi connectivity index (χ1n) is 9.31. The third-order valence-electron chi connectivity index (χ3n) is 4.67. The number of pyridine rings is 1. The van der Waals surface area contributed by atoms with E-state index >= 15 is 0 Å². The number of ether oxygens (including phenoxy) is 1. The minimum absolute atomic E-state index is 0.318. The van der Waals surface area contributed by atoms with Crippen molar-refractivity contribution in [1.82, 2.24) is 15.2 Å². The number of H-pyrrole nitrogens is 1. The van der Waals surface area contributed by atoms with Crippen LogP contribution in [0.2, 0.25) is 0 Å². The van der Waals surface area contributed by atoms with Crippen LogP contribution in [0.1, 0.15) is 23.2 Å². The Labute approximate surface area is 169 Å². The number of nitrogens with one attached hydrogen (secondary N) is 2. The van der Waals surface area contributed by atoms with Crippen molar-refractivity contribution in [2.24, 2.45) is 0 Å². The zero-order chi connectivity index (χ0) is 21.1. The molecule has 7 nitrogen and oxygen atoms in total. The Bertz CT molecular complexity index is 1010. The number of hydrogen-bond acceptors (Lipinski definition) is 5. The average molecular weight is 417 g/mol. The smallest absolute Gasteiger partial charge is 0.406 e. The third kappa shape index (κ3) is 4.53. The quantitative estimate of drug-likeness (QED) is 0.650. The van der Waals surface area contributed by atoms with Crippen LogP contribution in [0.5, 0.6) is 5.75 Å². The molecule has 0 atom stereocenters. The summed E-state index contributed by atoms with van der Waals surface area (Å²) in [5.74, 6) is -0.0126. The molecule has 1 fully saturated rings. The normalized spacial score (nSPS) is 14.0. The Kier molecular flexibility index (Phi) is 5.30. The van der Waals surface area contributed by atoms with E-state index in [0.717, 1.165) is 55.1 Å². The van der Waals surface area contributed by atoms with Crippen molar-refractivity contribution in [2.75, 3.05) is 23.3 Å². The van der Waals surface area contributed by atoms with Gasteiger partial charge in [-0.05, 0) is 49.2 Å². The maximum Gasteiger partial charge on any atom is 0.573 e. The number of aromatic nitrogens is 3. The number of halogens is 3. The lowest BCUT2D eigenvalue weighted by molar-refractivity contribution is -0.274. The number of carbonyl (C=O) groups excluding carboxylic acids is 1. The van der Waals surface area contributed by atoms with Crippen LogP contribution in [-0.4, -0.2) is 40.5 Å². The van der Waals surface area contributed by atoms with E-state index in [9.17, 15) is 18.0 Å². The molecule has 30 heavy (non-hydrogen) atoms. The molecule has 0 bridgehead atoms. The second-order valence-corrected chi connectivity index (χ2v) is 6.79. The summed E-state index contributed by atoms with van der Waals surface area (Å²) in [5, 5.41) is 9.54. The minimum Gasteiger partial charge on any atom is -0.406 e. The predicted molar refractivity (Wildman–Crippen MR) is 104 cm³/mol. The summed E-state index contributed by atoms with van der Waals surface area (Å²) >= 11 is 0. The molecule has 2 N–H and O–H groups in total. The predicted octanol–water partition coefficient (Wildman–Crippen LogP) is 4.22. The summed E-state index contributed by atoms with van der Waals surface area (Å²) in [5.41, 5.74) is 2.16. The summed E-state index contributed by atoms with van der Waals surface area (Å²) in [4.78, 5) is 19.4. The molecule has 0 unspecified atom stereocenters. The molecule has 1 aromatic carbocycles. The zero-order valence-electron chi connectivity index (χ0n) is 15.7. The van der Waals surface area contributed by atoms with Crippen LogP contribution in [0, 0.1) is 0 Å². The average Bonchev–Trinajstić information content (AvgIpc) is 3.42. The highest BCUT2D eigenvalue weighted by atomic mass is 19.4. The topological polar surface area (TPSA) is 83.1 Å². The number of alkyl halides is 3. The largest absolute Gasteiger partial charge is 0.573 e. The summed E-state index contributed by atoms with van der Waals surface area (Å²) in [7, 11) is 0. The second-order valence-electron chi connectivity index (χ2n) is 6.79. The van der Waals surface area contributed by atoms with E-state index in [0.29, 0.717) is 11.3 Å². The highest BCUT2D eigenvalue weighted by Gasteiger charge is 2.31. The maximum atomic E-state index is 12.7. The van der Waals surface area contributed by atoms with Gasteiger partial charge in [0, 0.05) is 36.7 Å². The lowest BCUT2D eigenvalue weighted by Gasteiger charge is -2.20. The van der Waals surface area contributed by atoms with Gasteiger partial charge in [0.15, 0.2) is 0 Å². The fraction of sp³-hybridized carbons (Fsp3) is 0.250. The molecule has 1 aliphatic heterocycles. The van der Waals surface area contributed by atoms with Crippen molar-refractivity contribution in [2.45, 2.75) is 19.2 Å². The van der Waals surface area contributed by atoms with Gasteiger partial charge in [0.25, 0.3) is 5.91 Å². The molecule has 3 heterocycles. The molecule has 0 saturated carbocycles. The SMILES string of the molecule is O=C(Nc1ccc(OC(F)(F)F)cc1)c1cnc(N2CCCC2)c(-c2ccn[nH]2)c1. The number of hydrogen-bond donors (Lipinski definition) is 2. The van der Waals surface area contributed by atoms with Gasteiger partial charge in [0.05, 0.1) is 11.3 Å². The molecule has 0 radical (unpaired) electrons. The molecular formula is C20H18F3N5O2. The van der Waals surface area contributed by atoms with Gasteiger partial charge in [-0.25, -0.2) is 4.98 Å². The highest BCUT2D eigenvalue weighted by molar-refractivity contribution is 6.05. The summed E-state index contributed by atoms with van der Waals surface area (Å²) in [6.07, 6.45) is 0.516. The molecule has 4 rings (SSSR count). The lowest BCUT2D eigenvalue weighted by Crippen LogP contribution is -2.21. The van der Waals surface area contributed by atoms with Gasteiger partial charge >= 0.3 is 6.36 Å². The van der Waals surface area contributed by atoms with Crippen LogP contribution < -0.4 is 15.0 Å². The number of nitrogens with zero attached hydrogens (tertiary/aromatic N) is 3. The highest BCUT2D eigenvalue weighted by Crippen LogP contribution is 2.31. The minimum atomic E-state index is -4.77. The first kappa shape index (κ1) is 19.7. The molecule has 3 aromatic rings. The maximum absolute atomic E-state index is 12.7. The number of rotatable bonds is 5. The van der Waals surface area contributed by atoms with E-state index in [4.69, 9.17) is 0 Å². The summed E-state index contributed by atoms with van der Waals surface area (Å²) in [6, 6.07) is 8.46. The van der Waals surface area contributed by atoms with Crippen LogP contribution >= 0.6 is 0 Å². The first-order valence-corrected chi connectivity index (χ1v) is 9.31. The van der Waals surface area contributed by atoms with Crippen molar-refractivity contribution in [3.8, 4) is 17.0 Å². The summed E-state index contributed by atoms with van der Waals surface area (Å²) < 4.78 is 40.6. The second kappa shape index (κ2) is 8.05. The Balaban J connectivity index is 1.55. The van der Waals surface area contributed by atoms with Crippen molar-refractivity contribution in [3.63, 3.8) is 0 Å². The molecule has 1 aliphatic rings. The zero-order valence-corrected chi connectivity index (χ0v) is 15.7. The molecule has 1 saturated heterocycles. The summed E-state index contributed by atoms with van der Waals surface area (Å²) in [6.45, 7) is 1.79. The van der Waals surface area contributed by atoms with E-state index in [1.807, 2.05) is 0 Å². The van der Waals surface area contributed by atoms with Gasteiger partial charge in [-0.1, -0.05) is 0 Å². The van der Waals surface area contributed by atoms with Gasteiger partial charge in [-0.15, -0.1) is 13.2 Å². The van der Waals surface area contributed by atoms with Gasteiger partial charge in [-0.3, -0.25) is 9.89 Å². The molecule has 10 heteroatoms. The molecule has 156 valence electrons. The Morgan fingerprint density at radius 3 is 2.50 bits per heavy atom. The Hall–Kier alpha value is -3.56. The van der Waals surface area contributed by atoms with E-state index in [1.54, 1.807) is 18.3 Å². The number of anilines is 2. The Morgan fingerprint density at radius 2 is 1.87 bits per heavy atom. The van der Waals surface area contributed by atoms with E-state index < -0.39 is 12.3 Å². The lowest BCUT2D eigenvalue weighted by atomic mass is 10.1. The van der Waals surface area contributed by atoms with Crippen LogP contribution in [0.25, 0.3) is 11.3 Å². The number of amides is 1. The first-order chi connectivity index (χ1) is 14.4. The van der Waals surface area contributed by atoms with Gasteiger partial charge < -0.3 is 15.0 Å². The van der Waals surface area contributed by atoms with E-state index in [-0.39, 0.29) is 5.75 Å². The van der Waals surface area contributed by atoms with Crippen molar-refractivity contribution < 1.29 is 22.7 Å². The molecule has 0 aliphatic carbocycles. The van der Waals surface area contributed by atoms with Crippen LogP contribution in [0.15, 0.2) is 48.8 Å². The molecule has 2 aromatic heterocycles. The fourth-order valence-electron chi connectivity index (χ4n) is 3.31. The van der Waals surface area contributed by atoms with Crippen molar-refractivity contribution in [3.05, 3.63) is 54.4 Å². The fourth-order valence-corrected chi connectivity index (χ4v) is 3.31. The van der Waals surface area contributed by atoms with Crippen LogP contribution in [-0.2, 0) is 0 Å². The number of benzene rings is 1.